The van der Waals surface area contributed by atoms with E-state index in [4.69, 9.17) is 11.6 Å². The number of aromatic nitrogens is 3. The van der Waals surface area contributed by atoms with Crippen LogP contribution in [0, 0.1) is 6.92 Å². The Labute approximate surface area is 200 Å². The molecule has 0 aliphatic rings. The lowest BCUT2D eigenvalue weighted by molar-refractivity contribution is 0.101. The number of halogens is 2. The molecule has 1 aromatic heterocycles. The van der Waals surface area contributed by atoms with Crippen LogP contribution < -0.4 is 5.32 Å². The Hall–Kier alpha value is -2.96. The lowest BCUT2D eigenvalue weighted by Crippen LogP contribution is -2.16. The monoisotopic (exact) mass is 508 g/mol. The van der Waals surface area contributed by atoms with Gasteiger partial charge in [0.2, 0.25) is 5.82 Å². The molecule has 5 nitrogen and oxygen atoms in total. The van der Waals surface area contributed by atoms with E-state index in [1.165, 1.54) is 0 Å². The number of rotatable bonds is 5. The SMILES string of the molecule is Cc1ccc(-n2nc(C(=O)Nc3ccc(Br)cc3C(C)C)nc2-c2cccc(Cl)c2)cc1. The van der Waals surface area contributed by atoms with E-state index in [1.807, 2.05) is 67.6 Å². The average Bonchev–Trinajstić information content (AvgIpc) is 3.21. The summed E-state index contributed by atoms with van der Waals surface area (Å²) in [4.78, 5) is 17.7. The van der Waals surface area contributed by atoms with Crippen LogP contribution in [0.5, 0.6) is 0 Å². The van der Waals surface area contributed by atoms with Crippen molar-refractivity contribution in [1.82, 2.24) is 14.8 Å². The molecule has 0 saturated heterocycles. The van der Waals surface area contributed by atoms with Crippen molar-refractivity contribution in [2.45, 2.75) is 26.7 Å². The Bertz CT molecular complexity index is 1280. The summed E-state index contributed by atoms with van der Waals surface area (Å²) in [6.07, 6.45) is 0. The summed E-state index contributed by atoms with van der Waals surface area (Å²) in [6, 6.07) is 21.0. The van der Waals surface area contributed by atoms with Crippen molar-refractivity contribution >= 4 is 39.1 Å². The number of carbonyl (C=O) groups excluding carboxylic acids is 1. The molecule has 0 bridgehead atoms. The molecule has 0 fully saturated rings. The summed E-state index contributed by atoms with van der Waals surface area (Å²) < 4.78 is 2.63. The molecule has 0 unspecified atom stereocenters. The van der Waals surface area contributed by atoms with Gasteiger partial charge in [0, 0.05) is 20.7 Å². The maximum atomic E-state index is 13.1. The molecular weight excluding hydrogens is 488 g/mol. The highest BCUT2D eigenvalue weighted by Gasteiger charge is 2.20. The second-order valence-corrected chi connectivity index (χ2v) is 9.21. The van der Waals surface area contributed by atoms with E-state index in [-0.39, 0.29) is 17.6 Å². The molecule has 3 aromatic carbocycles. The lowest BCUT2D eigenvalue weighted by atomic mass is 10.0. The van der Waals surface area contributed by atoms with Crippen molar-refractivity contribution in [3.63, 3.8) is 0 Å². The highest BCUT2D eigenvalue weighted by molar-refractivity contribution is 9.10. The molecule has 0 atom stereocenters. The van der Waals surface area contributed by atoms with Gasteiger partial charge in [-0.3, -0.25) is 4.79 Å². The van der Waals surface area contributed by atoms with Gasteiger partial charge in [0.15, 0.2) is 5.82 Å². The third-order valence-corrected chi connectivity index (χ3v) is 5.78. The minimum Gasteiger partial charge on any atom is -0.319 e. The number of hydrogen-bond donors (Lipinski definition) is 1. The quantitative estimate of drug-likeness (QED) is 0.314. The number of anilines is 1. The molecule has 32 heavy (non-hydrogen) atoms. The summed E-state index contributed by atoms with van der Waals surface area (Å²) in [7, 11) is 0. The molecule has 162 valence electrons. The van der Waals surface area contributed by atoms with Crippen molar-refractivity contribution in [3.8, 4) is 17.1 Å². The van der Waals surface area contributed by atoms with Crippen molar-refractivity contribution in [3.05, 3.63) is 93.2 Å². The van der Waals surface area contributed by atoms with E-state index in [0.717, 1.165) is 32.5 Å². The maximum absolute atomic E-state index is 13.1. The van der Waals surface area contributed by atoms with Crippen molar-refractivity contribution in [1.29, 1.82) is 0 Å². The fourth-order valence-electron chi connectivity index (χ4n) is 3.39. The lowest BCUT2D eigenvalue weighted by Gasteiger charge is -2.13. The molecule has 1 N–H and O–H groups in total. The fraction of sp³-hybridized carbons (Fsp3) is 0.160. The van der Waals surface area contributed by atoms with Crippen LogP contribution in [-0.4, -0.2) is 20.7 Å². The van der Waals surface area contributed by atoms with Crippen LogP contribution in [0.3, 0.4) is 0 Å². The molecule has 4 aromatic rings. The van der Waals surface area contributed by atoms with Gasteiger partial charge in [-0.25, -0.2) is 9.67 Å². The molecule has 0 aliphatic heterocycles. The molecule has 0 spiro atoms. The number of benzene rings is 3. The van der Waals surface area contributed by atoms with Gasteiger partial charge in [0.1, 0.15) is 0 Å². The summed E-state index contributed by atoms with van der Waals surface area (Å²) in [5.74, 6) is 0.492. The highest BCUT2D eigenvalue weighted by atomic mass is 79.9. The van der Waals surface area contributed by atoms with Gasteiger partial charge in [-0.1, -0.05) is 71.2 Å². The molecule has 0 aliphatic carbocycles. The Morgan fingerprint density at radius 3 is 2.50 bits per heavy atom. The van der Waals surface area contributed by atoms with Crippen LogP contribution in [0.4, 0.5) is 5.69 Å². The third-order valence-electron chi connectivity index (χ3n) is 5.06. The van der Waals surface area contributed by atoms with Gasteiger partial charge in [0.25, 0.3) is 5.91 Å². The minimum atomic E-state index is -0.372. The first-order chi connectivity index (χ1) is 15.3. The number of nitrogens with one attached hydrogen (secondary N) is 1. The van der Waals surface area contributed by atoms with Gasteiger partial charge >= 0.3 is 0 Å². The predicted molar refractivity (Wildman–Crippen MR) is 133 cm³/mol. The Kier molecular flexibility index (Phi) is 6.44. The van der Waals surface area contributed by atoms with Crippen LogP contribution >= 0.6 is 27.5 Å². The second-order valence-electron chi connectivity index (χ2n) is 7.86. The van der Waals surface area contributed by atoms with Gasteiger partial charge in [-0.15, -0.1) is 5.10 Å². The number of nitrogens with zero attached hydrogens (tertiary/aromatic N) is 3. The summed E-state index contributed by atoms with van der Waals surface area (Å²) in [5, 5.41) is 8.11. The Balaban J connectivity index is 1.76. The molecule has 0 saturated carbocycles. The van der Waals surface area contributed by atoms with Crippen molar-refractivity contribution in [2.24, 2.45) is 0 Å². The number of carbonyl (C=O) groups is 1. The average molecular weight is 510 g/mol. The zero-order chi connectivity index (χ0) is 22.8. The van der Waals surface area contributed by atoms with E-state index < -0.39 is 0 Å². The smallest absolute Gasteiger partial charge is 0.295 e. The number of hydrogen-bond acceptors (Lipinski definition) is 3. The standard InChI is InChI=1S/C25H22BrClN4O/c1-15(2)21-14-18(26)9-12-22(21)28-25(32)23-29-24(17-5-4-6-19(27)13-17)31(30-23)20-10-7-16(3)8-11-20/h4-15H,1-3H3,(H,28,32). The minimum absolute atomic E-state index is 0.0816. The largest absolute Gasteiger partial charge is 0.319 e. The third kappa shape index (κ3) is 4.76. The number of amides is 1. The normalized spacial score (nSPS) is 11.1. The molecular formula is C25H22BrClN4O. The van der Waals surface area contributed by atoms with Crippen molar-refractivity contribution < 1.29 is 4.79 Å². The van der Waals surface area contributed by atoms with Gasteiger partial charge < -0.3 is 5.32 Å². The van der Waals surface area contributed by atoms with E-state index in [9.17, 15) is 4.79 Å². The fourth-order valence-corrected chi connectivity index (χ4v) is 3.96. The predicted octanol–water partition coefficient (Wildman–Crippen LogP) is 7.03. The van der Waals surface area contributed by atoms with Crippen LogP contribution in [0.15, 0.2) is 71.2 Å². The maximum Gasteiger partial charge on any atom is 0.295 e. The summed E-state index contributed by atoms with van der Waals surface area (Å²) in [5.41, 5.74) is 4.48. The second kappa shape index (κ2) is 9.27. The Morgan fingerprint density at radius 2 is 1.81 bits per heavy atom. The van der Waals surface area contributed by atoms with Gasteiger partial charge in [-0.05, 0) is 60.9 Å². The first kappa shape index (κ1) is 22.2. The number of aryl methyl sites for hydroxylation is 1. The molecule has 1 amide bonds. The summed E-state index contributed by atoms with van der Waals surface area (Å²) >= 11 is 9.71. The first-order valence-electron chi connectivity index (χ1n) is 10.2. The van der Waals surface area contributed by atoms with E-state index >= 15 is 0 Å². The molecule has 1 heterocycles. The zero-order valence-electron chi connectivity index (χ0n) is 17.9. The zero-order valence-corrected chi connectivity index (χ0v) is 20.3. The topological polar surface area (TPSA) is 59.8 Å². The first-order valence-corrected chi connectivity index (χ1v) is 11.4. The van der Waals surface area contributed by atoms with E-state index in [0.29, 0.717) is 10.8 Å². The van der Waals surface area contributed by atoms with Crippen LogP contribution in [0.1, 0.15) is 41.5 Å². The van der Waals surface area contributed by atoms with Gasteiger partial charge in [0.05, 0.1) is 5.69 Å². The van der Waals surface area contributed by atoms with E-state index in [2.05, 4.69) is 45.2 Å². The van der Waals surface area contributed by atoms with Crippen LogP contribution in [0.25, 0.3) is 17.1 Å². The summed E-state index contributed by atoms with van der Waals surface area (Å²) in [6.45, 7) is 6.19. The molecule has 4 rings (SSSR count). The highest BCUT2D eigenvalue weighted by Crippen LogP contribution is 2.29. The van der Waals surface area contributed by atoms with Crippen molar-refractivity contribution in [2.75, 3.05) is 5.32 Å². The van der Waals surface area contributed by atoms with E-state index in [1.54, 1.807) is 10.7 Å². The van der Waals surface area contributed by atoms with Gasteiger partial charge in [-0.2, -0.15) is 0 Å². The van der Waals surface area contributed by atoms with Crippen LogP contribution in [-0.2, 0) is 0 Å². The molecule has 7 heteroatoms. The Morgan fingerprint density at radius 1 is 1.06 bits per heavy atom. The molecule has 0 radical (unpaired) electrons. The van der Waals surface area contributed by atoms with Crippen LogP contribution in [0.2, 0.25) is 5.02 Å².